The summed E-state index contributed by atoms with van der Waals surface area (Å²) in [5, 5.41) is 7.00. The number of rotatable bonds is 11. The van der Waals surface area contributed by atoms with Gasteiger partial charge in [0.05, 0.1) is 12.6 Å². The smallest absolute Gasteiger partial charge is 0.234 e. The zero-order valence-electron chi connectivity index (χ0n) is 26.2. The Bertz CT molecular complexity index is 932. The van der Waals surface area contributed by atoms with Crippen molar-refractivity contribution in [2.45, 2.75) is 98.4 Å². The van der Waals surface area contributed by atoms with Gasteiger partial charge in [-0.1, -0.05) is 59.2 Å². The summed E-state index contributed by atoms with van der Waals surface area (Å²) in [5.74, 6) is -0.185. The van der Waals surface area contributed by atoms with Gasteiger partial charge in [-0.3, -0.25) is 19.3 Å². The molecule has 2 aliphatic heterocycles. The number of hydrogen-bond acceptors (Lipinski definition) is 7. The van der Waals surface area contributed by atoms with Gasteiger partial charge in [0.2, 0.25) is 18.7 Å². The normalized spacial score (nSPS) is 17.0. The second-order valence-electron chi connectivity index (χ2n) is 12.3. The molecule has 2 unspecified atom stereocenters. The number of hydrogen-bond donors (Lipinski definition) is 3. The second kappa shape index (κ2) is 19.3. The molecule has 2 aliphatic rings. The Hall–Kier alpha value is -2.82. The van der Waals surface area contributed by atoms with Crippen LogP contribution >= 0.6 is 0 Å². The average Bonchev–Trinajstić information content (AvgIpc) is 3.54. The molecular weight excluding hydrogens is 524 g/mol. The SMILES string of the molecule is CC(C)(CCCCc1cccc2c1CN(C=O)C2)COC(C=O)C(C)(C)C.CN1CCCC1C(N)=O.CO.NC=O. The van der Waals surface area contributed by atoms with Crippen molar-refractivity contribution in [2.24, 2.45) is 22.3 Å². The van der Waals surface area contributed by atoms with E-state index in [1.54, 1.807) is 0 Å². The minimum Gasteiger partial charge on any atom is -0.400 e. The molecule has 0 spiro atoms. The number of likely N-dealkylation sites (N-methyl/N-ethyl adjacent to an activating group) is 1. The summed E-state index contributed by atoms with van der Waals surface area (Å²) < 4.78 is 5.91. The first-order valence-electron chi connectivity index (χ1n) is 14.2. The van der Waals surface area contributed by atoms with Crippen LogP contribution in [0.25, 0.3) is 0 Å². The number of nitrogens with zero attached hydrogens (tertiary/aromatic N) is 2. The summed E-state index contributed by atoms with van der Waals surface area (Å²) in [7, 11) is 2.93. The van der Waals surface area contributed by atoms with Crippen molar-refractivity contribution < 1.29 is 29.0 Å². The third-order valence-corrected chi connectivity index (χ3v) is 7.28. The maximum atomic E-state index is 11.3. The third-order valence-electron chi connectivity index (χ3n) is 7.28. The van der Waals surface area contributed by atoms with Gasteiger partial charge in [-0.25, -0.2) is 0 Å². The van der Waals surface area contributed by atoms with Crippen molar-refractivity contribution in [3.05, 3.63) is 34.9 Å². The maximum Gasteiger partial charge on any atom is 0.234 e. The Morgan fingerprint density at radius 1 is 1.12 bits per heavy atom. The second-order valence-corrected chi connectivity index (χ2v) is 12.3. The first kappa shape index (κ1) is 38.2. The Morgan fingerprint density at radius 3 is 2.22 bits per heavy atom. The van der Waals surface area contributed by atoms with Crippen LogP contribution in [0, 0.1) is 10.8 Å². The average molecular weight is 579 g/mol. The van der Waals surface area contributed by atoms with Crippen molar-refractivity contribution in [3.8, 4) is 0 Å². The van der Waals surface area contributed by atoms with E-state index in [9.17, 15) is 14.4 Å². The highest BCUT2D eigenvalue weighted by atomic mass is 16.5. The number of unbranched alkanes of at least 4 members (excludes halogenated alkanes) is 1. The van der Waals surface area contributed by atoms with E-state index >= 15 is 0 Å². The molecule has 1 aromatic carbocycles. The van der Waals surface area contributed by atoms with E-state index in [-0.39, 0.29) is 35.3 Å². The number of aliphatic hydroxyl groups is 1. The van der Waals surface area contributed by atoms with E-state index in [2.05, 4.69) is 37.8 Å². The summed E-state index contributed by atoms with van der Waals surface area (Å²) in [6.45, 7) is 13.6. The molecule has 2 atom stereocenters. The number of aldehydes is 1. The molecule has 3 rings (SSSR count). The fourth-order valence-electron chi connectivity index (χ4n) is 4.90. The number of nitrogens with two attached hydrogens (primary N) is 2. The number of primary amides is 2. The molecule has 41 heavy (non-hydrogen) atoms. The van der Waals surface area contributed by atoms with Crippen molar-refractivity contribution in [1.29, 1.82) is 0 Å². The minimum atomic E-state index is -0.357. The molecule has 0 saturated carbocycles. The van der Waals surface area contributed by atoms with Crippen LogP contribution in [0.4, 0.5) is 0 Å². The molecule has 2 heterocycles. The zero-order chi connectivity index (χ0) is 31.6. The lowest BCUT2D eigenvalue weighted by Gasteiger charge is -2.31. The summed E-state index contributed by atoms with van der Waals surface area (Å²) in [5.41, 5.74) is 13.2. The fraction of sp³-hybridized carbons (Fsp3) is 0.677. The van der Waals surface area contributed by atoms with Crippen molar-refractivity contribution in [1.82, 2.24) is 9.80 Å². The largest absolute Gasteiger partial charge is 0.400 e. The fourth-order valence-corrected chi connectivity index (χ4v) is 4.90. The third kappa shape index (κ3) is 14.1. The Balaban J connectivity index is 0.000000944. The molecule has 1 fully saturated rings. The Morgan fingerprint density at radius 2 is 1.76 bits per heavy atom. The number of carbonyl (C=O) groups excluding carboxylic acids is 4. The first-order chi connectivity index (χ1) is 19.3. The number of aryl methyl sites for hydroxylation is 1. The van der Waals surface area contributed by atoms with Gasteiger partial charge in [0, 0.05) is 20.2 Å². The van der Waals surface area contributed by atoms with E-state index in [0.29, 0.717) is 6.61 Å². The monoisotopic (exact) mass is 578 g/mol. The van der Waals surface area contributed by atoms with Gasteiger partial charge in [-0.15, -0.1) is 0 Å². The van der Waals surface area contributed by atoms with Gasteiger partial charge in [0.15, 0.2) is 0 Å². The molecule has 0 radical (unpaired) electrons. The lowest BCUT2D eigenvalue weighted by Crippen LogP contribution is -2.37. The predicted octanol–water partition coefficient (Wildman–Crippen LogP) is 2.80. The highest BCUT2D eigenvalue weighted by Crippen LogP contribution is 2.29. The molecule has 3 amide bonds. The summed E-state index contributed by atoms with van der Waals surface area (Å²) in [6.07, 6.45) is 8.16. The van der Waals surface area contributed by atoms with Crippen molar-refractivity contribution in [2.75, 3.05) is 27.3 Å². The van der Waals surface area contributed by atoms with E-state index < -0.39 is 0 Å². The van der Waals surface area contributed by atoms with Gasteiger partial charge in [0.25, 0.3) is 0 Å². The summed E-state index contributed by atoms with van der Waals surface area (Å²) in [6, 6.07) is 6.43. The van der Waals surface area contributed by atoms with Crippen molar-refractivity contribution >= 4 is 25.0 Å². The number of fused-ring (bicyclic) bond motifs is 1. The maximum absolute atomic E-state index is 11.3. The van der Waals surface area contributed by atoms with Gasteiger partial charge < -0.3 is 31.0 Å². The molecule has 234 valence electrons. The van der Waals surface area contributed by atoms with Crippen LogP contribution in [-0.2, 0) is 43.4 Å². The number of carbonyl (C=O) groups is 4. The van der Waals surface area contributed by atoms with Gasteiger partial charge in [-0.2, -0.15) is 0 Å². The number of amides is 3. The van der Waals surface area contributed by atoms with Crippen LogP contribution in [0.2, 0.25) is 0 Å². The first-order valence-corrected chi connectivity index (χ1v) is 14.2. The molecular formula is C31H54N4O6. The predicted molar refractivity (Wildman–Crippen MR) is 162 cm³/mol. The minimum absolute atomic E-state index is 0.00463. The van der Waals surface area contributed by atoms with Crippen molar-refractivity contribution in [3.63, 3.8) is 0 Å². The van der Waals surface area contributed by atoms with Gasteiger partial charge in [-0.05, 0) is 73.2 Å². The van der Waals surface area contributed by atoms with Crippen LogP contribution in [-0.4, -0.2) is 79.4 Å². The van der Waals surface area contributed by atoms with Gasteiger partial charge >= 0.3 is 0 Å². The molecule has 1 aromatic rings. The highest BCUT2D eigenvalue weighted by Gasteiger charge is 2.28. The molecule has 1 saturated heterocycles. The molecule has 5 N–H and O–H groups in total. The summed E-state index contributed by atoms with van der Waals surface area (Å²) >= 11 is 0. The lowest BCUT2D eigenvalue weighted by atomic mass is 9.86. The number of likely N-dealkylation sites (tertiary alicyclic amines) is 1. The standard InChI is InChI=1S/C23H35NO3.C6H12N2O.CH3NO.CH4O/c1-22(2,3)21(15-25)27-16-23(4,5)12-7-6-9-18-10-8-11-19-13-24(17-26)14-20(18)19;1-8-4-2-3-5(8)6(7)9;2-1-3;1-2/h8,10-11,15,17,21H,6-7,9,12-14,16H2,1-5H3;5H,2-4H2,1H3,(H2,7,9);1H,(H2,2,3);2H,1H3. The number of benzene rings is 1. The molecule has 0 aromatic heterocycles. The zero-order valence-corrected chi connectivity index (χ0v) is 26.2. The Kier molecular flexibility index (Phi) is 18.0. The van der Waals surface area contributed by atoms with Crippen LogP contribution in [0.3, 0.4) is 0 Å². The quantitative estimate of drug-likeness (QED) is 0.269. The Labute approximate surface area is 246 Å². The molecule has 0 aliphatic carbocycles. The van der Waals surface area contributed by atoms with Crippen LogP contribution in [0.1, 0.15) is 83.4 Å². The van der Waals surface area contributed by atoms with E-state index in [1.807, 2.05) is 37.6 Å². The van der Waals surface area contributed by atoms with Crippen LogP contribution in [0.5, 0.6) is 0 Å². The lowest BCUT2D eigenvalue weighted by molar-refractivity contribution is -0.128. The molecule has 10 heteroatoms. The van der Waals surface area contributed by atoms with Gasteiger partial charge in [0.1, 0.15) is 12.4 Å². The van der Waals surface area contributed by atoms with Crippen LogP contribution < -0.4 is 11.5 Å². The number of ether oxygens (including phenoxy) is 1. The van der Waals surface area contributed by atoms with E-state index in [1.165, 1.54) is 16.7 Å². The van der Waals surface area contributed by atoms with E-state index in [4.69, 9.17) is 20.4 Å². The topological polar surface area (TPSA) is 156 Å². The number of aliphatic hydroxyl groups excluding tert-OH is 1. The molecule has 0 bridgehead atoms. The highest BCUT2D eigenvalue weighted by molar-refractivity contribution is 5.80. The summed E-state index contributed by atoms with van der Waals surface area (Å²) in [4.78, 5) is 45.3. The molecule has 10 nitrogen and oxygen atoms in total. The van der Waals surface area contributed by atoms with E-state index in [0.717, 1.165) is 78.0 Å². The van der Waals surface area contributed by atoms with Crippen LogP contribution in [0.15, 0.2) is 18.2 Å².